The predicted octanol–water partition coefficient (Wildman–Crippen LogP) is 0.555. The predicted molar refractivity (Wildman–Crippen MR) is 89.5 cm³/mol. The molecule has 0 amide bonds. The van der Waals surface area contributed by atoms with Crippen LogP contribution in [0.3, 0.4) is 0 Å². The van der Waals surface area contributed by atoms with E-state index in [0.717, 1.165) is 29.7 Å². The molecule has 120 valence electrons. The molecular weight excluding hydrogens is 320 g/mol. The summed E-state index contributed by atoms with van der Waals surface area (Å²) in [6.07, 6.45) is 0.788. The van der Waals surface area contributed by atoms with Crippen LogP contribution < -0.4 is 10.6 Å². The Hall–Kier alpha value is -0.930. The topological polar surface area (TPSA) is 74.7 Å². The van der Waals surface area contributed by atoms with Crippen molar-refractivity contribution in [1.29, 1.82) is 0 Å². The monoisotopic (exact) mass is 341 g/mol. The molecule has 0 radical (unpaired) electrons. The van der Waals surface area contributed by atoms with Crippen molar-refractivity contribution in [2.24, 2.45) is 0 Å². The van der Waals surface area contributed by atoms with E-state index in [2.05, 4.69) is 17.0 Å². The highest BCUT2D eigenvalue weighted by atomic mass is 32.2. The van der Waals surface area contributed by atoms with Crippen LogP contribution in [0.25, 0.3) is 10.2 Å². The van der Waals surface area contributed by atoms with Crippen LogP contribution in [0, 0.1) is 0 Å². The fourth-order valence-corrected chi connectivity index (χ4v) is 4.93. The second kappa shape index (κ2) is 6.67. The third kappa shape index (κ3) is 3.07. The Balaban J connectivity index is 1.89. The summed E-state index contributed by atoms with van der Waals surface area (Å²) in [5, 5.41) is 1.75. The molecule has 2 aromatic heterocycles. The lowest BCUT2D eigenvalue weighted by Gasteiger charge is -2.19. The minimum absolute atomic E-state index is 0.265. The van der Waals surface area contributed by atoms with E-state index in [1.165, 1.54) is 27.1 Å². The molecule has 0 saturated heterocycles. The number of fused-ring (bicyclic) bond motifs is 3. The number of nitrogens with zero attached hydrogens (tertiary/aromatic N) is 2. The largest absolute Gasteiger partial charge is 0.383 e. The van der Waals surface area contributed by atoms with Crippen molar-refractivity contribution < 1.29 is 14.4 Å². The molecule has 1 aliphatic rings. The highest BCUT2D eigenvalue weighted by Crippen LogP contribution is 2.35. The van der Waals surface area contributed by atoms with Gasteiger partial charge in [-0.1, -0.05) is 11.8 Å². The number of nitrogens with two attached hydrogens (primary N) is 1. The molecule has 0 bridgehead atoms. The summed E-state index contributed by atoms with van der Waals surface area (Å²) in [5.74, 6) is 1.23. The minimum Gasteiger partial charge on any atom is -0.383 e. The maximum atomic E-state index is 6.20. The molecule has 0 saturated carbocycles. The van der Waals surface area contributed by atoms with E-state index < -0.39 is 0 Å². The maximum Gasteiger partial charge on any atom is 0.191 e. The number of ether oxygens (including phenoxy) is 2. The Bertz CT molecular complexity index is 672. The van der Waals surface area contributed by atoms with Gasteiger partial charge >= 0.3 is 0 Å². The first-order valence-electron chi connectivity index (χ1n) is 7.19. The summed E-state index contributed by atoms with van der Waals surface area (Å²) in [6.45, 7) is 2.19. The number of aromatic nitrogens is 2. The van der Waals surface area contributed by atoms with Crippen LogP contribution >= 0.6 is 23.1 Å². The fraction of sp³-hybridized carbons (Fsp3) is 0.571. The average molecular weight is 341 g/mol. The number of hydrogen-bond donors (Lipinski definition) is 2. The second-order valence-electron chi connectivity index (χ2n) is 5.42. The van der Waals surface area contributed by atoms with Crippen LogP contribution in [0.1, 0.15) is 10.4 Å². The number of anilines is 1. The normalized spacial score (nSPS) is 18.1. The van der Waals surface area contributed by atoms with Crippen molar-refractivity contribution in [3.63, 3.8) is 0 Å². The molecule has 0 spiro atoms. The van der Waals surface area contributed by atoms with E-state index in [9.17, 15) is 0 Å². The number of likely N-dealkylation sites (N-methyl/N-ethyl adjacent to an activating group) is 1. The quantitative estimate of drug-likeness (QED) is 0.470. The van der Waals surface area contributed by atoms with Gasteiger partial charge in [0.2, 0.25) is 0 Å². The van der Waals surface area contributed by atoms with Crippen LogP contribution in [-0.2, 0) is 22.4 Å². The summed E-state index contributed by atoms with van der Waals surface area (Å²) in [6, 6.07) is 0. The molecule has 0 fully saturated rings. The second-order valence-corrected chi connectivity index (χ2v) is 7.49. The van der Waals surface area contributed by atoms with Gasteiger partial charge in [-0.05, 0) is 5.56 Å². The third-order valence-corrected chi connectivity index (χ3v) is 5.89. The molecule has 3 N–H and O–H groups in total. The first-order valence-corrected chi connectivity index (χ1v) is 9.00. The molecule has 1 aliphatic heterocycles. The van der Waals surface area contributed by atoms with E-state index in [4.69, 9.17) is 15.2 Å². The number of thioether (sulfide) groups is 1. The van der Waals surface area contributed by atoms with Crippen LogP contribution in [0.2, 0.25) is 0 Å². The van der Waals surface area contributed by atoms with Crippen LogP contribution in [0.15, 0.2) is 5.16 Å². The molecule has 3 heterocycles. The summed E-state index contributed by atoms with van der Waals surface area (Å²) < 4.78 is 10.4. The lowest BCUT2D eigenvalue weighted by Crippen LogP contribution is -3.08. The Morgan fingerprint density at radius 3 is 2.86 bits per heavy atom. The number of methoxy groups -OCH3 is 2. The minimum atomic E-state index is -0.265. The van der Waals surface area contributed by atoms with Gasteiger partial charge in [0.15, 0.2) is 11.4 Å². The molecule has 3 rings (SSSR count). The van der Waals surface area contributed by atoms with Crippen molar-refractivity contribution >= 4 is 39.1 Å². The first kappa shape index (κ1) is 15.9. The summed E-state index contributed by atoms with van der Waals surface area (Å²) >= 11 is 3.25. The van der Waals surface area contributed by atoms with E-state index in [-0.39, 0.29) is 6.29 Å². The highest BCUT2D eigenvalue weighted by Gasteiger charge is 2.24. The van der Waals surface area contributed by atoms with E-state index in [0.29, 0.717) is 16.7 Å². The lowest BCUT2D eigenvalue weighted by molar-refractivity contribution is -0.895. The standard InChI is InChI=1S/C14H20N4O2S2/c1-18-5-4-8-9(6-18)22-13-11(8)12(15)16-14(17-13)21-7-10(19-2)20-3/h10H,4-7H2,1-3H3,(H2,15,16,17)/p+1. The third-order valence-electron chi connectivity index (χ3n) is 3.88. The molecule has 0 aliphatic carbocycles. The van der Waals surface area contributed by atoms with E-state index in [1.807, 2.05) is 0 Å². The zero-order valence-electron chi connectivity index (χ0n) is 13.0. The molecule has 1 unspecified atom stereocenters. The van der Waals surface area contributed by atoms with Crippen molar-refractivity contribution in [1.82, 2.24) is 9.97 Å². The van der Waals surface area contributed by atoms with Crippen molar-refractivity contribution in [2.45, 2.75) is 24.4 Å². The smallest absolute Gasteiger partial charge is 0.191 e. The summed E-state index contributed by atoms with van der Waals surface area (Å²) in [5.41, 5.74) is 7.56. The number of rotatable bonds is 5. The first-order chi connectivity index (χ1) is 10.6. The molecular formula is C14H21N4O2S2+. The van der Waals surface area contributed by atoms with Crippen molar-refractivity contribution in [2.75, 3.05) is 39.3 Å². The van der Waals surface area contributed by atoms with Crippen molar-refractivity contribution in [3.05, 3.63) is 10.4 Å². The maximum absolute atomic E-state index is 6.20. The Morgan fingerprint density at radius 2 is 2.14 bits per heavy atom. The van der Waals surface area contributed by atoms with Gasteiger partial charge in [0.25, 0.3) is 0 Å². The number of hydrogen-bond acceptors (Lipinski definition) is 7. The van der Waals surface area contributed by atoms with Crippen LogP contribution in [-0.4, -0.2) is 49.8 Å². The molecule has 22 heavy (non-hydrogen) atoms. The van der Waals surface area contributed by atoms with Gasteiger partial charge in [0.1, 0.15) is 17.2 Å². The van der Waals surface area contributed by atoms with Gasteiger partial charge in [-0.2, -0.15) is 0 Å². The Labute approximate surface area is 138 Å². The van der Waals surface area contributed by atoms with Gasteiger partial charge in [0.05, 0.1) is 29.6 Å². The molecule has 1 atom stereocenters. The average Bonchev–Trinajstić information content (AvgIpc) is 2.85. The number of nitrogens with one attached hydrogen (secondary N) is 1. The summed E-state index contributed by atoms with van der Waals surface area (Å²) in [4.78, 5) is 13.1. The molecule has 6 nitrogen and oxygen atoms in total. The SMILES string of the molecule is COC(CSc1nc(N)c2c3c(sc2n1)C[NH+](C)CC3)OC. The van der Waals surface area contributed by atoms with Crippen molar-refractivity contribution in [3.8, 4) is 0 Å². The van der Waals surface area contributed by atoms with Gasteiger partial charge in [-0.3, -0.25) is 0 Å². The van der Waals surface area contributed by atoms with Crippen LogP contribution in [0.4, 0.5) is 5.82 Å². The Kier molecular flexibility index (Phi) is 4.84. The number of quaternary nitrogens is 1. The van der Waals surface area contributed by atoms with Gasteiger partial charge in [0, 0.05) is 20.6 Å². The number of nitrogen functional groups attached to an aromatic ring is 1. The highest BCUT2D eigenvalue weighted by molar-refractivity contribution is 7.99. The fourth-order valence-electron chi connectivity index (χ4n) is 2.66. The summed E-state index contributed by atoms with van der Waals surface area (Å²) in [7, 11) is 5.47. The van der Waals surface area contributed by atoms with Gasteiger partial charge < -0.3 is 20.1 Å². The molecule has 8 heteroatoms. The van der Waals surface area contributed by atoms with Gasteiger partial charge in [-0.25, -0.2) is 9.97 Å². The lowest BCUT2D eigenvalue weighted by atomic mass is 10.1. The Morgan fingerprint density at radius 1 is 1.36 bits per heavy atom. The molecule has 0 aromatic carbocycles. The number of thiophene rings is 1. The zero-order valence-corrected chi connectivity index (χ0v) is 14.6. The molecule has 2 aromatic rings. The van der Waals surface area contributed by atoms with E-state index in [1.54, 1.807) is 25.6 Å². The van der Waals surface area contributed by atoms with E-state index >= 15 is 0 Å². The van der Waals surface area contributed by atoms with Gasteiger partial charge in [-0.15, -0.1) is 11.3 Å². The zero-order chi connectivity index (χ0) is 15.7. The van der Waals surface area contributed by atoms with Crippen LogP contribution in [0.5, 0.6) is 0 Å².